The summed E-state index contributed by atoms with van der Waals surface area (Å²) in [5.74, 6) is -2.95. The summed E-state index contributed by atoms with van der Waals surface area (Å²) in [4.78, 5) is 22.3. The first kappa shape index (κ1) is 13.6. The van der Waals surface area contributed by atoms with Crippen LogP contribution in [0.2, 0.25) is 0 Å². The molecule has 0 saturated carbocycles. The number of carboxylic acids is 1. The van der Waals surface area contributed by atoms with Crippen LogP contribution in [0.25, 0.3) is 6.08 Å². The second-order valence-corrected chi connectivity index (χ2v) is 3.33. The summed E-state index contributed by atoms with van der Waals surface area (Å²) in [5, 5.41) is 27.4. The molecule has 96 valence electrons. The third kappa shape index (κ3) is 3.24. The van der Waals surface area contributed by atoms with Crippen LogP contribution in [0.4, 0.5) is 0 Å². The van der Waals surface area contributed by atoms with Gasteiger partial charge in [0, 0.05) is 11.6 Å². The summed E-state index contributed by atoms with van der Waals surface area (Å²) in [6.45, 7) is 1.60. The molecule has 1 rings (SSSR count). The van der Waals surface area contributed by atoms with Gasteiger partial charge in [0.1, 0.15) is 17.1 Å². The van der Waals surface area contributed by atoms with Gasteiger partial charge in [0.15, 0.2) is 0 Å². The molecule has 3 N–H and O–H groups in total. The quantitative estimate of drug-likeness (QED) is 0.321. The number of carbonyl (C=O) groups excluding carboxylic acids is 1. The molecule has 0 heterocycles. The van der Waals surface area contributed by atoms with Gasteiger partial charge in [-0.3, -0.25) is 0 Å². The smallest absolute Gasteiger partial charge is 0.345 e. The monoisotopic (exact) mass is 252 g/mol. The van der Waals surface area contributed by atoms with E-state index in [9.17, 15) is 14.7 Å². The minimum absolute atomic E-state index is 0.0466. The van der Waals surface area contributed by atoms with Gasteiger partial charge in [-0.1, -0.05) is 0 Å². The first-order chi connectivity index (χ1) is 8.45. The number of carboxylic acid groups (broad SMARTS) is 1. The zero-order valence-electron chi connectivity index (χ0n) is 9.58. The van der Waals surface area contributed by atoms with Gasteiger partial charge < -0.3 is 20.1 Å². The van der Waals surface area contributed by atoms with Gasteiger partial charge in [0.2, 0.25) is 0 Å². The van der Waals surface area contributed by atoms with Crippen LogP contribution in [0.5, 0.6) is 11.5 Å². The summed E-state index contributed by atoms with van der Waals surface area (Å²) in [6.07, 6.45) is 0.981. The number of aliphatic carboxylic acids is 1. The average molecular weight is 252 g/mol. The summed E-state index contributed by atoms with van der Waals surface area (Å²) in [7, 11) is 0. The Morgan fingerprint density at radius 3 is 2.50 bits per heavy atom. The molecule has 0 bridgehead atoms. The molecule has 0 fully saturated rings. The summed E-state index contributed by atoms with van der Waals surface area (Å²) >= 11 is 0. The van der Waals surface area contributed by atoms with Crippen molar-refractivity contribution in [3.63, 3.8) is 0 Å². The number of aromatic hydroxyl groups is 2. The highest BCUT2D eigenvalue weighted by Crippen LogP contribution is 2.24. The van der Waals surface area contributed by atoms with Gasteiger partial charge in [0.05, 0.1) is 6.61 Å². The second kappa shape index (κ2) is 5.72. The van der Waals surface area contributed by atoms with Crippen LogP contribution in [-0.2, 0) is 14.3 Å². The van der Waals surface area contributed by atoms with Gasteiger partial charge in [-0.2, -0.15) is 0 Å². The Morgan fingerprint density at radius 2 is 2.00 bits per heavy atom. The minimum Gasteiger partial charge on any atom is -0.508 e. The summed E-state index contributed by atoms with van der Waals surface area (Å²) in [6, 6.07) is 3.58. The molecule has 1 aromatic carbocycles. The predicted octanol–water partition coefficient (Wildman–Crippen LogP) is 1.13. The average Bonchev–Trinajstić information content (AvgIpc) is 2.27. The molecule has 0 aliphatic heterocycles. The first-order valence-corrected chi connectivity index (χ1v) is 5.09. The first-order valence-electron chi connectivity index (χ1n) is 5.09. The fourth-order valence-corrected chi connectivity index (χ4v) is 1.23. The van der Waals surface area contributed by atoms with Crippen molar-refractivity contribution in [2.45, 2.75) is 6.92 Å². The Hall–Kier alpha value is -2.50. The van der Waals surface area contributed by atoms with Crippen molar-refractivity contribution in [3.05, 3.63) is 29.3 Å². The number of esters is 1. The lowest BCUT2D eigenvalue weighted by molar-refractivity contribution is -0.143. The summed E-state index contributed by atoms with van der Waals surface area (Å²) < 4.78 is 4.58. The molecular formula is C12H12O6. The zero-order chi connectivity index (χ0) is 13.7. The van der Waals surface area contributed by atoms with Gasteiger partial charge >= 0.3 is 11.9 Å². The SMILES string of the molecule is CCOC(=O)C(=Cc1ccc(O)cc1O)C(=O)O. The van der Waals surface area contributed by atoms with Gasteiger partial charge in [-0.15, -0.1) is 0 Å². The lowest BCUT2D eigenvalue weighted by Crippen LogP contribution is -2.15. The molecule has 0 unspecified atom stereocenters. The van der Waals surface area contributed by atoms with Gasteiger partial charge in [0.25, 0.3) is 0 Å². The van der Waals surface area contributed by atoms with E-state index < -0.39 is 17.5 Å². The number of benzene rings is 1. The van der Waals surface area contributed by atoms with Crippen LogP contribution >= 0.6 is 0 Å². The molecule has 0 radical (unpaired) electrons. The molecule has 0 spiro atoms. The number of carbonyl (C=O) groups is 2. The maximum absolute atomic E-state index is 11.4. The van der Waals surface area contributed by atoms with Crippen LogP contribution in [0, 0.1) is 0 Å². The Morgan fingerprint density at radius 1 is 1.33 bits per heavy atom. The van der Waals surface area contributed by atoms with E-state index in [4.69, 9.17) is 10.2 Å². The molecule has 0 aromatic heterocycles. The third-order valence-electron chi connectivity index (χ3n) is 2.04. The Kier molecular flexibility index (Phi) is 4.31. The van der Waals surface area contributed by atoms with E-state index in [1.54, 1.807) is 6.92 Å². The third-order valence-corrected chi connectivity index (χ3v) is 2.04. The predicted molar refractivity (Wildman–Crippen MR) is 62.0 cm³/mol. The summed E-state index contributed by atoms with van der Waals surface area (Å²) in [5.41, 5.74) is -0.504. The molecule has 0 aliphatic rings. The molecular weight excluding hydrogens is 240 g/mol. The molecule has 1 aromatic rings. The second-order valence-electron chi connectivity index (χ2n) is 3.33. The molecule has 18 heavy (non-hydrogen) atoms. The maximum Gasteiger partial charge on any atom is 0.345 e. The molecule has 0 amide bonds. The molecule has 6 heteroatoms. The minimum atomic E-state index is -1.46. The van der Waals surface area contributed by atoms with E-state index in [2.05, 4.69) is 4.74 Å². The fourth-order valence-electron chi connectivity index (χ4n) is 1.23. The van der Waals surface area contributed by atoms with E-state index >= 15 is 0 Å². The van der Waals surface area contributed by atoms with E-state index in [1.807, 2.05) is 0 Å². The van der Waals surface area contributed by atoms with Crippen molar-refractivity contribution in [1.29, 1.82) is 0 Å². The van der Waals surface area contributed by atoms with Crippen LogP contribution in [-0.4, -0.2) is 33.9 Å². The maximum atomic E-state index is 11.4. The Balaban J connectivity index is 3.16. The lowest BCUT2D eigenvalue weighted by Gasteiger charge is -2.04. The normalized spacial score (nSPS) is 11.1. The van der Waals surface area contributed by atoms with E-state index in [1.165, 1.54) is 12.1 Å². The van der Waals surface area contributed by atoms with Crippen LogP contribution in [0.15, 0.2) is 23.8 Å². The van der Waals surface area contributed by atoms with Crippen molar-refractivity contribution in [2.75, 3.05) is 6.61 Å². The van der Waals surface area contributed by atoms with Crippen LogP contribution in [0.1, 0.15) is 12.5 Å². The topological polar surface area (TPSA) is 104 Å². The zero-order valence-corrected chi connectivity index (χ0v) is 9.58. The van der Waals surface area contributed by atoms with Crippen molar-refractivity contribution in [2.24, 2.45) is 0 Å². The highest BCUT2D eigenvalue weighted by molar-refractivity contribution is 6.17. The van der Waals surface area contributed by atoms with Crippen LogP contribution in [0.3, 0.4) is 0 Å². The van der Waals surface area contributed by atoms with Gasteiger partial charge in [-0.25, -0.2) is 9.59 Å². The standard InChI is InChI=1S/C12H12O6/c1-2-18-12(17)9(11(15)16)5-7-3-4-8(13)6-10(7)14/h3-6,13-14H,2H2,1H3,(H,15,16). The largest absolute Gasteiger partial charge is 0.508 e. The number of hydrogen-bond donors (Lipinski definition) is 3. The molecule has 6 nitrogen and oxygen atoms in total. The number of rotatable bonds is 4. The lowest BCUT2D eigenvalue weighted by atomic mass is 10.1. The van der Waals surface area contributed by atoms with Crippen LogP contribution < -0.4 is 0 Å². The van der Waals surface area contributed by atoms with E-state index in [0.29, 0.717) is 0 Å². The Bertz CT molecular complexity index is 503. The van der Waals surface area contributed by atoms with Crippen molar-refractivity contribution in [1.82, 2.24) is 0 Å². The van der Waals surface area contributed by atoms with Gasteiger partial charge in [-0.05, 0) is 25.1 Å². The number of ether oxygens (including phenoxy) is 1. The van der Waals surface area contributed by atoms with Crippen molar-refractivity contribution < 1.29 is 29.6 Å². The van der Waals surface area contributed by atoms with E-state index in [0.717, 1.165) is 12.1 Å². The molecule has 0 saturated heterocycles. The number of hydrogen-bond acceptors (Lipinski definition) is 5. The van der Waals surface area contributed by atoms with Crippen molar-refractivity contribution in [3.8, 4) is 11.5 Å². The molecule has 0 aliphatic carbocycles. The van der Waals surface area contributed by atoms with Crippen molar-refractivity contribution >= 4 is 18.0 Å². The number of phenols is 2. The highest BCUT2D eigenvalue weighted by Gasteiger charge is 2.19. The van der Waals surface area contributed by atoms with E-state index in [-0.39, 0.29) is 23.7 Å². The molecule has 0 atom stereocenters. The highest BCUT2D eigenvalue weighted by atomic mass is 16.5. The fraction of sp³-hybridized carbons (Fsp3) is 0.167. The number of phenolic OH excluding ortho intramolecular Hbond substituents is 2. The Labute approximate surface area is 103 Å².